The summed E-state index contributed by atoms with van der Waals surface area (Å²) in [6.07, 6.45) is -0.201. The normalized spacial score (nSPS) is 15.3. The third-order valence-electron chi connectivity index (χ3n) is 3.83. The number of hydrogen-bond donors (Lipinski definition) is 1. The molecule has 132 valence electrons. The van der Waals surface area contributed by atoms with Crippen LogP contribution in [0.15, 0.2) is 54.6 Å². The van der Waals surface area contributed by atoms with Gasteiger partial charge in [0.25, 0.3) is 0 Å². The van der Waals surface area contributed by atoms with Crippen LogP contribution >= 0.6 is 0 Å². The summed E-state index contributed by atoms with van der Waals surface area (Å²) in [4.78, 5) is 13.7. The van der Waals surface area contributed by atoms with E-state index in [1.165, 1.54) is 0 Å². The van der Waals surface area contributed by atoms with Crippen LogP contribution in [0.1, 0.15) is 0 Å². The number of para-hydroxylation sites is 3. The van der Waals surface area contributed by atoms with Crippen LogP contribution in [0.4, 0.5) is 4.79 Å². The lowest BCUT2D eigenvalue weighted by molar-refractivity contribution is 0.0903. The highest BCUT2D eigenvalue weighted by Crippen LogP contribution is 2.30. The number of likely N-dealkylation sites (N-methyl/N-ethyl adjacent to an activating group) is 1. The Labute approximate surface area is 147 Å². The number of benzene rings is 2. The van der Waals surface area contributed by atoms with Crippen molar-refractivity contribution >= 4 is 6.03 Å². The fourth-order valence-corrected chi connectivity index (χ4v) is 2.42. The number of nitrogens with one attached hydrogen (secondary N) is 1. The fraction of sp³-hybridized carbons (Fsp3) is 0.316. The zero-order valence-electron chi connectivity index (χ0n) is 14.2. The van der Waals surface area contributed by atoms with Gasteiger partial charge in [-0.2, -0.15) is 0 Å². The van der Waals surface area contributed by atoms with Crippen molar-refractivity contribution in [1.82, 2.24) is 10.2 Å². The Balaban J connectivity index is 1.37. The van der Waals surface area contributed by atoms with Crippen LogP contribution in [0.2, 0.25) is 0 Å². The van der Waals surface area contributed by atoms with Gasteiger partial charge in [-0.25, -0.2) is 4.79 Å². The first-order valence-corrected chi connectivity index (χ1v) is 8.27. The van der Waals surface area contributed by atoms with Gasteiger partial charge in [0.15, 0.2) is 17.6 Å². The van der Waals surface area contributed by atoms with E-state index in [9.17, 15) is 4.79 Å². The van der Waals surface area contributed by atoms with Gasteiger partial charge >= 0.3 is 6.03 Å². The molecule has 1 atom stereocenters. The standard InChI is InChI=1S/C19H22N2O4/c1-21(11-12-23-15-7-3-2-4-8-15)19(22)20-13-16-14-24-17-9-5-6-10-18(17)25-16/h2-10,16H,11-14H2,1H3,(H,20,22). The van der Waals surface area contributed by atoms with Gasteiger partial charge in [-0.1, -0.05) is 30.3 Å². The minimum Gasteiger partial charge on any atom is -0.492 e. The molecule has 0 fully saturated rings. The Morgan fingerprint density at radius 3 is 2.68 bits per heavy atom. The van der Waals surface area contributed by atoms with Crippen LogP contribution < -0.4 is 19.5 Å². The second-order valence-electron chi connectivity index (χ2n) is 5.77. The molecule has 1 aliphatic heterocycles. The predicted octanol–water partition coefficient (Wildman–Crippen LogP) is 2.55. The maximum atomic E-state index is 12.1. The van der Waals surface area contributed by atoms with E-state index in [2.05, 4.69) is 5.32 Å². The molecule has 0 aromatic heterocycles. The Morgan fingerprint density at radius 2 is 1.88 bits per heavy atom. The van der Waals surface area contributed by atoms with Gasteiger partial charge in [-0.15, -0.1) is 0 Å². The summed E-state index contributed by atoms with van der Waals surface area (Å²) in [5.41, 5.74) is 0. The lowest BCUT2D eigenvalue weighted by Gasteiger charge is -2.27. The van der Waals surface area contributed by atoms with E-state index in [0.29, 0.717) is 32.1 Å². The molecule has 1 N–H and O–H groups in total. The number of amides is 2. The smallest absolute Gasteiger partial charge is 0.317 e. The zero-order valence-corrected chi connectivity index (χ0v) is 14.2. The van der Waals surface area contributed by atoms with Crippen molar-refractivity contribution in [3.63, 3.8) is 0 Å². The van der Waals surface area contributed by atoms with Crippen LogP contribution in [-0.4, -0.2) is 50.4 Å². The summed E-state index contributed by atoms with van der Waals surface area (Å²) in [5.74, 6) is 2.24. The fourth-order valence-electron chi connectivity index (χ4n) is 2.42. The molecule has 1 unspecified atom stereocenters. The molecule has 0 aliphatic carbocycles. The van der Waals surface area contributed by atoms with Crippen molar-refractivity contribution < 1.29 is 19.0 Å². The van der Waals surface area contributed by atoms with E-state index < -0.39 is 0 Å². The van der Waals surface area contributed by atoms with Gasteiger partial charge < -0.3 is 24.4 Å². The molecular formula is C19H22N2O4. The summed E-state index contributed by atoms with van der Waals surface area (Å²) in [6, 6.07) is 16.9. The Bertz CT molecular complexity index is 693. The topological polar surface area (TPSA) is 60.0 Å². The molecular weight excluding hydrogens is 320 g/mol. The predicted molar refractivity (Wildman–Crippen MR) is 94.3 cm³/mol. The third kappa shape index (κ3) is 4.79. The average Bonchev–Trinajstić information content (AvgIpc) is 2.66. The molecule has 3 rings (SSSR count). The maximum Gasteiger partial charge on any atom is 0.317 e. The molecule has 0 bridgehead atoms. The molecule has 2 aromatic carbocycles. The number of carbonyl (C=O) groups excluding carboxylic acids is 1. The molecule has 0 saturated heterocycles. The second kappa shape index (κ2) is 8.28. The summed E-state index contributed by atoms with van der Waals surface area (Å²) >= 11 is 0. The average molecular weight is 342 g/mol. The molecule has 0 saturated carbocycles. The zero-order chi connectivity index (χ0) is 17.5. The van der Waals surface area contributed by atoms with E-state index in [1.54, 1.807) is 11.9 Å². The summed E-state index contributed by atoms with van der Waals surface area (Å²) in [5, 5.41) is 2.86. The number of nitrogens with zero attached hydrogens (tertiary/aromatic N) is 1. The quantitative estimate of drug-likeness (QED) is 0.876. The van der Waals surface area contributed by atoms with E-state index in [1.807, 2.05) is 54.6 Å². The number of carbonyl (C=O) groups is 1. The molecule has 25 heavy (non-hydrogen) atoms. The summed E-state index contributed by atoms with van der Waals surface area (Å²) in [6.45, 7) is 1.73. The van der Waals surface area contributed by atoms with E-state index >= 15 is 0 Å². The lowest BCUT2D eigenvalue weighted by atomic mass is 10.2. The summed E-state index contributed by atoms with van der Waals surface area (Å²) in [7, 11) is 1.73. The monoisotopic (exact) mass is 342 g/mol. The third-order valence-corrected chi connectivity index (χ3v) is 3.83. The molecule has 2 amide bonds. The largest absolute Gasteiger partial charge is 0.492 e. The van der Waals surface area contributed by atoms with Crippen molar-refractivity contribution in [1.29, 1.82) is 0 Å². The Kier molecular flexibility index (Phi) is 5.61. The number of ether oxygens (including phenoxy) is 3. The van der Waals surface area contributed by atoms with Crippen LogP contribution in [0.5, 0.6) is 17.2 Å². The van der Waals surface area contributed by atoms with Crippen molar-refractivity contribution in [2.24, 2.45) is 0 Å². The minimum absolute atomic E-state index is 0.167. The van der Waals surface area contributed by atoms with Crippen molar-refractivity contribution in [3.05, 3.63) is 54.6 Å². The molecule has 0 radical (unpaired) electrons. The highest BCUT2D eigenvalue weighted by Gasteiger charge is 2.21. The first kappa shape index (κ1) is 17.0. The summed E-state index contributed by atoms with van der Waals surface area (Å²) < 4.78 is 17.0. The molecule has 2 aromatic rings. The minimum atomic E-state index is -0.201. The highest BCUT2D eigenvalue weighted by atomic mass is 16.6. The first-order valence-electron chi connectivity index (χ1n) is 8.27. The first-order chi connectivity index (χ1) is 12.2. The Morgan fingerprint density at radius 1 is 1.16 bits per heavy atom. The van der Waals surface area contributed by atoms with Crippen LogP contribution in [0, 0.1) is 0 Å². The van der Waals surface area contributed by atoms with Gasteiger partial charge in [-0.3, -0.25) is 0 Å². The van der Waals surface area contributed by atoms with Gasteiger partial charge in [0.05, 0.1) is 13.1 Å². The van der Waals surface area contributed by atoms with Gasteiger partial charge in [-0.05, 0) is 24.3 Å². The molecule has 6 heteroatoms. The molecule has 1 heterocycles. The van der Waals surface area contributed by atoms with Gasteiger partial charge in [0.2, 0.25) is 0 Å². The van der Waals surface area contributed by atoms with E-state index in [0.717, 1.165) is 11.5 Å². The molecule has 1 aliphatic rings. The van der Waals surface area contributed by atoms with E-state index in [-0.39, 0.29) is 12.1 Å². The van der Waals surface area contributed by atoms with Gasteiger partial charge in [0.1, 0.15) is 19.0 Å². The molecule has 0 spiro atoms. The molecule has 6 nitrogen and oxygen atoms in total. The van der Waals surface area contributed by atoms with Crippen LogP contribution in [-0.2, 0) is 0 Å². The van der Waals surface area contributed by atoms with E-state index in [4.69, 9.17) is 14.2 Å². The van der Waals surface area contributed by atoms with Crippen molar-refractivity contribution in [2.45, 2.75) is 6.10 Å². The van der Waals surface area contributed by atoms with Crippen LogP contribution in [0.25, 0.3) is 0 Å². The van der Waals surface area contributed by atoms with Crippen molar-refractivity contribution in [3.8, 4) is 17.2 Å². The number of urea groups is 1. The second-order valence-corrected chi connectivity index (χ2v) is 5.77. The van der Waals surface area contributed by atoms with Gasteiger partial charge in [0, 0.05) is 7.05 Å². The lowest BCUT2D eigenvalue weighted by Crippen LogP contribution is -2.45. The number of rotatable bonds is 6. The number of fused-ring (bicyclic) bond motifs is 1. The highest BCUT2D eigenvalue weighted by molar-refractivity contribution is 5.73. The maximum absolute atomic E-state index is 12.1. The number of hydrogen-bond acceptors (Lipinski definition) is 4. The SMILES string of the molecule is CN(CCOc1ccccc1)C(=O)NCC1COc2ccccc2O1. The Hall–Kier alpha value is -2.89. The van der Waals surface area contributed by atoms with Crippen LogP contribution in [0.3, 0.4) is 0 Å². The van der Waals surface area contributed by atoms with Crippen molar-refractivity contribution in [2.75, 3.05) is 33.4 Å².